The predicted molar refractivity (Wildman–Crippen MR) is 115 cm³/mol. The van der Waals surface area contributed by atoms with Crippen molar-refractivity contribution in [1.82, 2.24) is 34.9 Å². The maximum absolute atomic E-state index is 5.56. The number of nitrogens with one attached hydrogen (secondary N) is 1. The first-order valence-corrected chi connectivity index (χ1v) is 10.5. The largest absolute Gasteiger partial charge is 0.378 e. The van der Waals surface area contributed by atoms with Gasteiger partial charge in [0, 0.05) is 28.9 Å². The van der Waals surface area contributed by atoms with Crippen LogP contribution in [0.4, 0.5) is 5.82 Å². The number of hydrogen-bond acceptors (Lipinski definition) is 8. The van der Waals surface area contributed by atoms with Crippen LogP contribution in [0.25, 0.3) is 32.5 Å². The Morgan fingerprint density at radius 1 is 1.17 bits per heavy atom. The zero-order valence-electron chi connectivity index (χ0n) is 16.0. The Balaban J connectivity index is 1.52. The lowest BCUT2D eigenvalue weighted by Gasteiger charge is -2.28. The molecule has 0 aliphatic carbocycles. The van der Waals surface area contributed by atoms with Gasteiger partial charge in [-0.2, -0.15) is 10.2 Å². The standard InChI is InChI=1S/C20H18N8OS/c1-2-14(15-9-22-26-16(15)3-1)19-24-17-8-13(10-28-12-21-11-23-28)30-18(17)20(25-19)27-4-6-29-7-5-27/h1-3,8-9,11-12H,4-7,10H2,(H,22,26). The van der Waals surface area contributed by atoms with Crippen molar-refractivity contribution < 1.29 is 4.74 Å². The summed E-state index contributed by atoms with van der Waals surface area (Å²) >= 11 is 1.71. The molecule has 1 N–H and O–H groups in total. The minimum absolute atomic E-state index is 0.663. The lowest BCUT2D eigenvalue weighted by Crippen LogP contribution is -2.36. The Kier molecular flexibility index (Phi) is 4.17. The monoisotopic (exact) mass is 418 g/mol. The number of thiophene rings is 1. The number of benzene rings is 1. The summed E-state index contributed by atoms with van der Waals surface area (Å²) in [6, 6.07) is 8.19. The van der Waals surface area contributed by atoms with Crippen molar-refractivity contribution in [1.29, 1.82) is 0 Å². The molecular formula is C20H18N8OS. The van der Waals surface area contributed by atoms with E-state index in [1.54, 1.807) is 24.0 Å². The molecule has 0 radical (unpaired) electrons. The van der Waals surface area contributed by atoms with Gasteiger partial charge in [-0.1, -0.05) is 12.1 Å². The molecule has 0 atom stereocenters. The number of rotatable bonds is 4. The van der Waals surface area contributed by atoms with Crippen molar-refractivity contribution in [3.63, 3.8) is 0 Å². The third-order valence-electron chi connectivity index (χ3n) is 5.23. The molecule has 4 aromatic heterocycles. The van der Waals surface area contributed by atoms with Gasteiger partial charge in [-0.25, -0.2) is 19.6 Å². The van der Waals surface area contributed by atoms with Crippen LogP contribution in [-0.4, -0.2) is 61.2 Å². The molecule has 0 amide bonds. The Hall–Kier alpha value is -3.37. The van der Waals surface area contributed by atoms with Crippen LogP contribution in [0.3, 0.4) is 0 Å². The van der Waals surface area contributed by atoms with E-state index in [1.165, 1.54) is 0 Å². The number of anilines is 1. The van der Waals surface area contributed by atoms with Crippen LogP contribution in [0, 0.1) is 0 Å². The Morgan fingerprint density at radius 3 is 2.97 bits per heavy atom. The quantitative estimate of drug-likeness (QED) is 0.479. The van der Waals surface area contributed by atoms with Crippen LogP contribution in [0.2, 0.25) is 0 Å². The van der Waals surface area contributed by atoms with Crippen molar-refractivity contribution in [2.24, 2.45) is 0 Å². The lowest BCUT2D eigenvalue weighted by atomic mass is 10.1. The average molecular weight is 418 g/mol. The average Bonchev–Trinajstić information content (AvgIpc) is 3.54. The van der Waals surface area contributed by atoms with E-state index in [0.717, 1.165) is 50.5 Å². The first-order chi connectivity index (χ1) is 14.8. The van der Waals surface area contributed by atoms with E-state index in [0.29, 0.717) is 25.6 Å². The molecular weight excluding hydrogens is 400 g/mol. The highest BCUT2D eigenvalue weighted by atomic mass is 32.1. The molecule has 0 saturated carbocycles. The van der Waals surface area contributed by atoms with E-state index in [4.69, 9.17) is 14.7 Å². The van der Waals surface area contributed by atoms with Gasteiger partial charge in [-0.3, -0.25) is 5.10 Å². The van der Waals surface area contributed by atoms with Crippen LogP contribution in [0.5, 0.6) is 0 Å². The second-order valence-electron chi connectivity index (χ2n) is 7.13. The summed E-state index contributed by atoms with van der Waals surface area (Å²) < 4.78 is 8.47. The number of aromatic amines is 1. The van der Waals surface area contributed by atoms with Crippen molar-refractivity contribution in [3.8, 4) is 11.4 Å². The summed E-state index contributed by atoms with van der Waals surface area (Å²) in [6.07, 6.45) is 5.11. The van der Waals surface area contributed by atoms with Gasteiger partial charge >= 0.3 is 0 Å². The zero-order chi connectivity index (χ0) is 19.9. The van der Waals surface area contributed by atoms with Gasteiger partial charge in [0.05, 0.1) is 41.7 Å². The molecule has 1 aromatic carbocycles. The van der Waals surface area contributed by atoms with E-state index < -0.39 is 0 Å². The van der Waals surface area contributed by atoms with Gasteiger partial charge in [-0.15, -0.1) is 11.3 Å². The molecule has 0 unspecified atom stereocenters. The lowest BCUT2D eigenvalue weighted by molar-refractivity contribution is 0.122. The summed E-state index contributed by atoms with van der Waals surface area (Å²) in [5.41, 5.74) is 2.89. The van der Waals surface area contributed by atoms with Crippen LogP contribution in [0.1, 0.15) is 4.88 Å². The van der Waals surface area contributed by atoms with E-state index in [2.05, 4.69) is 31.2 Å². The summed E-state index contributed by atoms with van der Waals surface area (Å²) in [5, 5.41) is 12.5. The molecule has 0 bridgehead atoms. The topological polar surface area (TPSA) is 97.6 Å². The summed E-state index contributed by atoms with van der Waals surface area (Å²) in [4.78, 5) is 17.5. The van der Waals surface area contributed by atoms with E-state index >= 15 is 0 Å². The normalized spacial score (nSPS) is 14.7. The number of aromatic nitrogens is 7. The third-order valence-corrected chi connectivity index (χ3v) is 6.33. The highest BCUT2D eigenvalue weighted by Crippen LogP contribution is 2.36. The van der Waals surface area contributed by atoms with Crippen molar-refractivity contribution in [2.75, 3.05) is 31.2 Å². The molecule has 1 saturated heterocycles. The fourth-order valence-corrected chi connectivity index (χ4v) is 4.89. The second-order valence-corrected chi connectivity index (χ2v) is 8.26. The summed E-state index contributed by atoms with van der Waals surface area (Å²) in [6.45, 7) is 3.70. The highest BCUT2D eigenvalue weighted by Gasteiger charge is 2.21. The summed E-state index contributed by atoms with van der Waals surface area (Å²) in [5.74, 6) is 1.68. The van der Waals surface area contributed by atoms with Gasteiger partial charge in [0.1, 0.15) is 12.7 Å². The SMILES string of the molecule is c1cc(-c2nc(N3CCOCC3)c3sc(Cn4cncn4)cc3n2)c2cn[nH]c2c1. The molecule has 5 heterocycles. The molecule has 30 heavy (non-hydrogen) atoms. The Labute approximate surface area is 175 Å². The van der Waals surface area contributed by atoms with Crippen LogP contribution >= 0.6 is 11.3 Å². The zero-order valence-corrected chi connectivity index (χ0v) is 16.8. The smallest absolute Gasteiger partial charge is 0.162 e. The summed E-state index contributed by atoms with van der Waals surface area (Å²) in [7, 11) is 0. The van der Waals surface area contributed by atoms with Crippen molar-refractivity contribution in [3.05, 3.63) is 48.0 Å². The minimum atomic E-state index is 0.663. The second kappa shape index (κ2) is 7.15. The van der Waals surface area contributed by atoms with Gasteiger partial charge in [0.15, 0.2) is 11.6 Å². The van der Waals surface area contributed by atoms with Gasteiger partial charge in [0.2, 0.25) is 0 Å². The van der Waals surface area contributed by atoms with E-state index in [9.17, 15) is 0 Å². The maximum atomic E-state index is 5.56. The van der Waals surface area contributed by atoms with Gasteiger partial charge in [0.25, 0.3) is 0 Å². The number of nitrogens with zero attached hydrogens (tertiary/aromatic N) is 7. The molecule has 0 spiro atoms. The van der Waals surface area contributed by atoms with Crippen molar-refractivity contribution >= 4 is 38.3 Å². The maximum Gasteiger partial charge on any atom is 0.162 e. The number of H-pyrrole nitrogens is 1. The molecule has 10 heteroatoms. The number of hydrogen-bond donors (Lipinski definition) is 1. The highest BCUT2D eigenvalue weighted by molar-refractivity contribution is 7.19. The van der Waals surface area contributed by atoms with E-state index in [-0.39, 0.29) is 0 Å². The molecule has 6 rings (SSSR count). The van der Waals surface area contributed by atoms with Gasteiger partial charge in [-0.05, 0) is 12.1 Å². The Morgan fingerprint density at radius 2 is 2.10 bits per heavy atom. The predicted octanol–water partition coefficient (Wildman–Crippen LogP) is 2.71. The minimum Gasteiger partial charge on any atom is -0.378 e. The van der Waals surface area contributed by atoms with E-state index in [1.807, 2.05) is 29.1 Å². The molecule has 1 aliphatic heterocycles. The number of morpholine rings is 1. The van der Waals surface area contributed by atoms with Crippen LogP contribution < -0.4 is 4.90 Å². The van der Waals surface area contributed by atoms with Crippen LogP contribution in [-0.2, 0) is 11.3 Å². The van der Waals surface area contributed by atoms with Crippen LogP contribution in [0.15, 0.2) is 43.1 Å². The number of ether oxygens (including phenoxy) is 1. The Bertz CT molecular complexity index is 1320. The fourth-order valence-electron chi connectivity index (χ4n) is 3.79. The molecule has 5 aromatic rings. The molecule has 1 aliphatic rings. The van der Waals surface area contributed by atoms with Gasteiger partial charge < -0.3 is 9.64 Å². The first kappa shape index (κ1) is 17.5. The number of fused-ring (bicyclic) bond motifs is 2. The first-order valence-electron chi connectivity index (χ1n) is 9.73. The molecule has 150 valence electrons. The molecule has 1 fully saturated rings. The molecule has 9 nitrogen and oxygen atoms in total. The third kappa shape index (κ3) is 3.01. The fraction of sp³-hybridized carbons (Fsp3) is 0.250. The van der Waals surface area contributed by atoms with Crippen molar-refractivity contribution in [2.45, 2.75) is 6.54 Å².